The van der Waals surface area contributed by atoms with Crippen molar-refractivity contribution in [2.24, 2.45) is 0 Å². The van der Waals surface area contributed by atoms with Crippen molar-refractivity contribution >= 4 is 17.5 Å². The maximum atomic E-state index is 12.7. The van der Waals surface area contributed by atoms with E-state index in [4.69, 9.17) is 4.74 Å². The number of nitrogens with zero attached hydrogens (tertiary/aromatic N) is 6. The summed E-state index contributed by atoms with van der Waals surface area (Å²) in [6.07, 6.45) is 0. The van der Waals surface area contributed by atoms with Gasteiger partial charge < -0.3 is 19.9 Å². The van der Waals surface area contributed by atoms with Crippen LogP contribution in [-0.4, -0.2) is 64.2 Å². The lowest BCUT2D eigenvalue weighted by molar-refractivity contribution is 0.208. The Morgan fingerprint density at radius 1 is 0.968 bits per heavy atom. The normalized spacial score (nSPS) is 13.9. The average Bonchev–Trinajstić information content (AvgIpc) is 3.12. The van der Waals surface area contributed by atoms with Crippen molar-refractivity contribution in [1.29, 1.82) is 0 Å². The molecule has 3 heterocycles. The summed E-state index contributed by atoms with van der Waals surface area (Å²) < 4.78 is 7.14. The minimum atomic E-state index is -0.130. The van der Waals surface area contributed by atoms with Gasteiger partial charge in [-0.05, 0) is 56.7 Å². The van der Waals surface area contributed by atoms with E-state index in [9.17, 15) is 4.79 Å². The molecule has 162 valence electrons. The first-order valence-electron chi connectivity index (χ1n) is 10.3. The van der Waals surface area contributed by atoms with Crippen molar-refractivity contribution < 1.29 is 9.53 Å². The Bertz CT molecular complexity index is 1070. The van der Waals surface area contributed by atoms with Crippen LogP contribution in [0.15, 0.2) is 36.4 Å². The number of carbonyl (C=O) groups is 1. The van der Waals surface area contributed by atoms with E-state index in [2.05, 4.69) is 25.5 Å². The van der Waals surface area contributed by atoms with Crippen LogP contribution >= 0.6 is 0 Å². The van der Waals surface area contributed by atoms with Crippen molar-refractivity contribution in [1.82, 2.24) is 24.9 Å². The molecule has 1 aliphatic rings. The quantitative estimate of drug-likeness (QED) is 0.697. The van der Waals surface area contributed by atoms with E-state index in [1.165, 1.54) is 0 Å². The number of amides is 2. The van der Waals surface area contributed by atoms with Crippen LogP contribution in [0.1, 0.15) is 17.0 Å². The molecule has 0 bridgehead atoms. The van der Waals surface area contributed by atoms with Crippen LogP contribution in [0.25, 0.3) is 5.82 Å². The van der Waals surface area contributed by atoms with Gasteiger partial charge in [0.2, 0.25) is 0 Å². The summed E-state index contributed by atoms with van der Waals surface area (Å²) in [5.74, 6) is 2.14. The van der Waals surface area contributed by atoms with Crippen LogP contribution in [0.2, 0.25) is 0 Å². The molecule has 9 nitrogen and oxygen atoms in total. The first-order valence-corrected chi connectivity index (χ1v) is 10.3. The van der Waals surface area contributed by atoms with E-state index in [1.54, 1.807) is 16.7 Å². The third kappa shape index (κ3) is 4.45. The van der Waals surface area contributed by atoms with Crippen LogP contribution in [0.5, 0.6) is 5.75 Å². The molecular formula is C22H27N7O2. The zero-order valence-electron chi connectivity index (χ0n) is 18.3. The van der Waals surface area contributed by atoms with Crippen LogP contribution in [-0.2, 0) is 0 Å². The Hall–Kier alpha value is -3.62. The average molecular weight is 422 g/mol. The third-order valence-corrected chi connectivity index (χ3v) is 5.35. The Morgan fingerprint density at radius 3 is 2.29 bits per heavy atom. The number of methoxy groups -OCH3 is 1. The number of aryl methyl sites for hydroxylation is 3. The number of aromatic nitrogens is 4. The fraction of sp³-hybridized carbons (Fsp3) is 0.364. The van der Waals surface area contributed by atoms with Gasteiger partial charge in [0.15, 0.2) is 11.6 Å². The molecule has 0 saturated carbocycles. The molecule has 1 aliphatic heterocycles. The summed E-state index contributed by atoms with van der Waals surface area (Å²) in [6, 6.07) is 11.5. The highest BCUT2D eigenvalue weighted by molar-refractivity contribution is 5.91. The molecule has 0 aliphatic carbocycles. The van der Waals surface area contributed by atoms with Gasteiger partial charge in [0.1, 0.15) is 5.75 Å². The van der Waals surface area contributed by atoms with E-state index < -0.39 is 0 Å². The Balaban J connectivity index is 1.37. The lowest BCUT2D eigenvalue weighted by Crippen LogP contribution is -2.50. The number of urea groups is 1. The molecule has 4 rings (SSSR count). The second-order valence-electron chi connectivity index (χ2n) is 7.70. The van der Waals surface area contributed by atoms with Gasteiger partial charge in [0.05, 0.1) is 18.5 Å². The summed E-state index contributed by atoms with van der Waals surface area (Å²) >= 11 is 0. The number of rotatable bonds is 4. The second-order valence-corrected chi connectivity index (χ2v) is 7.70. The number of piperazine rings is 1. The van der Waals surface area contributed by atoms with Crippen LogP contribution in [0, 0.1) is 20.8 Å². The SMILES string of the molecule is COc1ccc(C)cc1NC(=O)N1CCN(c2ccc(-n3nc(C)cc3C)nn2)CC1. The van der Waals surface area contributed by atoms with Gasteiger partial charge in [0.25, 0.3) is 0 Å². The van der Waals surface area contributed by atoms with E-state index in [1.807, 2.05) is 57.2 Å². The number of hydrogen-bond donors (Lipinski definition) is 1. The topological polar surface area (TPSA) is 88.4 Å². The van der Waals surface area contributed by atoms with Gasteiger partial charge >= 0.3 is 6.03 Å². The minimum Gasteiger partial charge on any atom is -0.495 e. The summed E-state index contributed by atoms with van der Waals surface area (Å²) in [7, 11) is 1.60. The number of hydrogen-bond acceptors (Lipinski definition) is 6. The molecule has 0 spiro atoms. The van der Waals surface area contributed by atoms with E-state index in [-0.39, 0.29) is 6.03 Å². The van der Waals surface area contributed by atoms with Gasteiger partial charge in [-0.2, -0.15) is 5.10 Å². The Kier molecular flexibility index (Phi) is 5.75. The number of ether oxygens (including phenoxy) is 1. The predicted molar refractivity (Wildman–Crippen MR) is 119 cm³/mol. The molecule has 1 aromatic carbocycles. The van der Waals surface area contributed by atoms with E-state index in [0.29, 0.717) is 43.4 Å². The fourth-order valence-electron chi connectivity index (χ4n) is 3.71. The van der Waals surface area contributed by atoms with Crippen molar-refractivity contribution in [3.63, 3.8) is 0 Å². The number of anilines is 2. The monoisotopic (exact) mass is 421 g/mol. The molecule has 1 fully saturated rings. The number of nitrogens with one attached hydrogen (secondary N) is 1. The zero-order valence-corrected chi connectivity index (χ0v) is 18.3. The molecule has 0 atom stereocenters. The highest BCUT2D eigenvalue weighted by Crippen LogP contribution is 2.25. The largest absolute Gasteiger partial charge is 0.495 e. The van der Waals surface area contributed by atoms with Gasteiger partial charge in [-0.25, -0.2) is 9.48 Å². The predicted octanol–water partition coefficient (Wildman–Crippen LogP) is 2.95. The zero-order chi connectivity index (χ0) is 22.0. The standard InChI is InChI=1S/C22H27N7O2/c1-15-5-6-19(31-4)18(13-15)23-22(30)28-11-9-27(10-12-28)20-7-8-21(25-24-20)29-17(3)14-16(2)26-29/h5-8,13-14H,9-12H2,1-4H3,(H,23,30). The van der Waals surface area contributed by atoms with E-state index >= 15 is 0 Å². The Morgan fingerprint density at radius 2 is 1.68 bits per heavy atom. The smallest absolute Gasteiger partial charge is 0.322 e. The van der Waals surface area contributed by atoms with Crippen LogP contribution in [0.4, 0.5) is 16.3 Å². The van der Waals surface area contributed by atoms with Crippen LogP contribution in [0.3, 0.4) is 0 Å². The number of benzene rings is 1. The van der Waals surface area contributed by atoms with Gasteiger partial charge in [-0.3, -0.25) is 0 Å². The molecule has 31 heavy (non-hydrogen) atoms. The first-order chi connectivity index (χ1) is 14.9. The maximum Gasteiger partial charge on any atom is 0.322 e. The second kappa shape index (κ2) is 8.63. The van der Waals surface area contributed by atoms with Crippen molar-refractivity contribution in [2.75, 3.05) is 43.5 Å². The van der Waals surface area contributed by atoms with Gasteiger partial charge in [-0.1, -0.05) is 6.07 Å². The van der Waals surface area contributed by atoms with Gasteiger partial charge in [-0.15, -0.1) is 10.2 Å². The molecule has 2 amide bonds. The molecule has 9 heteroatoms. The highest BCUT2D eigenvalue weighted by atomic mass is 16.5. The number of carbonyl (C=O) groups excluding carboxylic acids is 1. The lowest BCUT2D eigenvalue weighted by Gasteiger charge is -2.35. The highest BCUT2D eigenvalue weighted by Gasteiger charge is 2.23. The summed E-state index contributed by atoms with van der Waals surface area (Å²) in [5.41, 5.74) is 3.70. The molecule has 2 aromatic heterocycles. The summed E-state index contributed by atoms with van der Waals surface area (Å²) in [5, 5.41) is 16.1. The van der Waals surface area contributed by atoms with Crippen LogP contribution < -0.4 is 15.0 Å². The van der Waals surface area contributed by atoms with Crippen molar-refractivity contribution in [3.05, 3.63) is 53.3 Å². The first kappa shape index (κ1) is 20.6. The summed E-state index contributed by atoms with van der Waals surface area (Å²) in [4.78, 5) is 16.7. The molecule has 3 aromatic rings. The maximum absolute atomic E-state index is 12.7. The third-order valence-electron chi connectivity index (χ3n) is 5.35. The molecule has 0 radical (unpaired) electrons. The van der Waals surface area contributed by atoms with Crippen molar-refractivity contribution in [3.8, 4) is 11.6 Å². The fourth-order valence-corrected chi connectivity index (χ4v) is 3.71. The Labute approximate surface area is 181 Å². The molecule has 0 unspecified atom stereocenters. The van der Waals surface area contributed by atoms with Gasteiger partial charge in [0, 0.05) is 31.9 Å². The van der Waals surface area contributed by atoms with E-state index in [0.717, 1.165) is 22.8 Å². The minimum absolute atomic E-state index is 0.130. The van der Waals surface area contributed by atoms with Crippen molar-refractivity contribution in [2.45, 2.75) is 20.8 Å². The molecule has 1 saturated heterocycles. The molecule has 1 N–H and O–H groups in total. The molecular weight excluding hydrogens is 394 g/mol. The summed E-state index contributed by atoms with van der Waals surface area (Å²) in [6.45, 7) is 8.50. The lowest BCUT2D eigenvalue weighted by atomic mass is 10.2.